The molecule has 0 amide bonds. The zero-order valence-corrected chi connectivity index (χ0v) is 29.6. The second-order valence-corrected chi connectivity index (χ2v) is 12.2. The van der Waals surface area contributed by atoms with Gasteiger partial charge in [0, 0.05) is 39.2 Å². The molecule has 0 aliphatic carbocycles. The Balaban J connectivity index is 0.00000372. The molecule has 0 atom stereocenters. The average Bonchev–Trinajstić information content (AvgIpc) is 3.04. The van der Waals surface area contributed by atoms with E-state index >= 15 is 0 Å². The quantitative estimate of drug-likeness (QED) is 0.0838. The Bertz CT molecular complexity index is 2120. The van der Waals surface area contributed by atoms with Crippen LogP contribution in [0, 0.1) is 6.92 Å². The van der Waals surface area contributed by atoms with Gasteiger partial charge in [-0.3, -0.25) is 5.04 Å². The summed E-state index contributed by atoms with van der Waals surface area (Å²) in [6.07, 6.45) is 0. The molecule has 5 aromatic rings. The largest absolute Gasteiger partial charge is 1.00 e. The second kappa shape index (κ2) is 13.8. The molecule has 0 unspecified atom stereocenters. The molecule has 46 heavy (non-hydrogen) atoms. The van der Waals surface area contributed by atoms with Gasteiger partial charge in [-0.2, -0.15) is 4.33 Å². The van der Waals surface area contributed by atoms with Crippen molar-refractivity contribution in [2.24, 2.45) is 9.98 Å². The number of nitrogens with one attached hydrogen (secondary N) is 2. The van der Waals surface area contributed by atoms with Crippen molar-refractivity contribution in [2.45, 2.75) is 11.8 Å². The number of halogens is 4. The van der Waals surface area contributed by atoms with Gasteiger partial charge < -0.3 is 25.4 Å². The summed E-state index contributed by atoms with van der Waals surface area (Å²) in [6, 6.07) is 21.5. The number of benzene rings is 5. The predicted molar refractivity (Wildman–Crippen MR) is 173 cm³/mol. The Labute approximate surface area is 308 Å². The summed E-state index contributed by atoms with van der Waals surface area (Å²) in [4.78, 5) is 10.0. The van der Waals surface area contributed by atoms with E-state index in [4.69, 9.17) is 65.9 Å². The van der Waals surface area contributed by atoms with E-state index in [1.807, 2.05) is 31.2 Å². The Hall–Kier alpha value is -2.71. The minimum absolute atomic E-state index is 0. The first-order chi connectivity index (χ1) is 21.8. The Morgan fingerprint density at radius 3 is 1.70 bits per heavy atom. The van der Waals surface area contributed by atoms with Crippen LogP contribution in [0.2, 0.25) is 20.1 Å². The van der Waals surface area contributed by atoms with Crippen molar-refractivity contribution in [3.05, 3.63) is 109 Å². The summed E-state index contributed by atoms with van der Waals surface area (Å²) in [6.45, 7) is 1.96. The fraction of sp³-hybridized carbons (Fsp3) is 0.0323. The van der Waals surface area contributed by atoms with Gasteiger partial charge in [0.2, 0.25) is 0 Å². The van der Waals surface area contributed by atoms with E-state index in [0.717, 1.165) is 22.6 Å². The maximum atomic E-state index is 10.6. The Morgan fingerprint density at radius 1 is 0.696 bits per heavy atom. The van der Waals surface area contributed by atoms with Crippen molar-refractivity contribution in [1.29, 1.82) is 0 Å². The van der Waals surface area contributed by atoms with Gasteiger partial charge in [-0.1, -0.05) is 46.4 Å². The van der Waals surface area contributed by atoms with Gasteiger partial charge >= 0.3 is 29.6 Å². The number of rotatable bonds is 7. The van der Waals surface area contributed by atoms with E-state index in [9.17, 15) is 5.26 Å². The summed E-state index contributed by atoms with van der Waals surface area (Å²) in [5.41, 5.74) is 4.84. The third-order valence-corrected chi connectivity index (χ3v) is 8.74. The molecule has 0 fully saturated rings. The van der Waals surface area contributed by atoms with Gasteiger partial charge in [-0.15, -0.1) is 0 Å². The molecule has 2 heterocycles. The van der Waals surface area contributed by atoms with Gasteiger partial charge in [-0.25, -0.2) is 9.98 Å². The van der Waals surface area contributed by atoms with Crippen LogP contribution in [0.5, 0.6) is 23.0 Å². The molecule has 0 bridgehead atoms. The minimum Gasteiger partial charge on any atom is -0.691 e. The molecule has 5 aromatic carbocycles. The maximum absolute atomic E-state index is 10.6. The fourth-order valence-corrected chi connectivity index (χ4v) is 5.98. The van der Waals surface area contributed by atoms with Crippen LogP contribution in [0.3, 0.4) is 0 Å². The Morgan fingerprint density at radius 2 is 1.17 bits per heavy atom. The number of hydrogen-bond donors (Lipinski definition) is 2. The van der Waals surface area contributed by atoms with Gasteiger partial charge in [0.05, 0.1) is 22.6 Å². The topological polar surface area (TPSA) is 109 Å². The molecule has 0 saturated heterocycles. The van der Waals surface area contributed by atoms with E-state index < -0.39 is 0 Å². The predicted octanol–water partition coefficient (Wildman–Crippen LogP) is 6.44. The standard InChI is InChI=1S/C31H18Cl4N4O5S.Na/c1-14-10-20-23(11-19(14)36-17-6-2-15(32)3-7-17)41-30-27(35)29-31(26(34)28(30)38-20)42-24-12-22(37-18-8-4-16(33)5-9-18)25(45-44-43-40)13-21(24)39-29;/h2-13,36-37,40H,1H3;/q;+1/p-1. The molecule has 2 aliphatic rings. The van der Waals surface area contributed by atoms with E-state index in [1.165, 1.54) is 0 Å². The molecular weight excluding hydrogens is 705 g/mol. The normalized spacial score (nSPS) is 12.0. The molecule has 7 rings (SSSR count). The molecule has 2 aliphatic heterocycles. The first-order valence-corrected chi connectivity index (χ1v) is 15.4. The van der Waals surface area contributed by atoms with Gasteiger partial charge in [0.15, 0.2) is 23.0 Å². The monoisotopic (exact) mass is 720 g/mol. The number of aryl methyl sites for hydroxylation is 1. The smallest absolute Gasteiger partial charge is 0.691 e. The van der Waals surface area contributed by atoms with Gasteiger partial charge in [-0.05, 0) is 73.2 Å². The molecular formula is C31H17Cl4N4NaO5S. The summed E-state index contributed by atoms with van der Waals surface area (Å²) in [7, 11) is 0. The van der Waals surface area contributed by atoms with Crippen molar-refractivity contribution in [2.75, 3.05) is 10.6 Å². The van der Waals surface area contributed by atoms with Crippen LogP contribution >= 0.6 is 58.4 Å². The van der Waals surface area contributed by atoms with Crippen molar-refractivity contribution in [3.8, 4) is 23.0 Å². The molecule has 9 nitrogen and oxygen atoms in total. The van der Waals surface area contributed by atoms with Gasteiger partial charge in [0.1, 0.15) is 32.1 Å². The van der Waals surface area contributed by atoms with Gasteiger partial charge in [0.25, 0.3) is 0 Å². The van der Waals surface area contributed by atoms with Crippen LogP contribution < -0.4 is 65.6 Å². The SMILES string of the molecule is Cc1cc2c(cc1Nc1ccc(Cl)cc1)Oc1c(Cl)c3c(c(Cl)c1=N2)Oc1cc(Nc2ccc(Cl)cc2)c(SOO[O-])cc1N=3.[Na+]. The zero-order valence-electron chi connectivity index (χ0n) is 23.8. The van der Waals surface area contributed by atoms with E-state index in [2.05, 4.69) is 20.0 Å². The van der Waals surface area contributed by atoms with Crippen LogP contribution in [0.15, 0.2) is 87.7 Å². The van der Waals surface area contributed by atoms with Crippen LogP contribution in [0.4, 0.5) is 34.1 Å². The number of fused-ring (bicyclic) bond motifs is 4. The molecule has 0 spiro atoms. The van der Waals surface area contributed by atoms with Crippen LogP contribution in [-0.2, 0) is 9.37 Å². The molecule has 226 valence electrons. The molecule has 0 saturated carbocycles. The zero-order chi connectivity index (χ0) is 31.2. The minimum atomic E-state index is 0. The van der Waals surface area contributed by atoms with Crippen LogP contribution in [0.25, 0.3) is 0 Å². The molecule has 2 N–H and O–H groups in total. The van der Waals surface area contributed by atoms with E-state index in [-0.39, 0.29) is 56.5 Å². The molecule has 0 radical (unpaired) electrons. The summed E-state index contributed by atoms with van der Waals surface area (Å²) in [5, 5.41) is 23.0. The summed E-state index contributed by atoms with van der Waals surface area (Å²) < 4.78 is 17.2. The fourth-order valence-electron chi connectivity index (χ4n) is 4.76. The van der Waals surface area contributed by atoms with Crippen LogP contribution in [-0.4, -0.2) is 0 Å². The average molecular weight is 722 g/mol. The first-order valence-electron chi connectivity index (χ1n) is 13.1. The van der Waals surface area contributed by atoms with E-state index in [1.54, 1.807) is 48.5 Å². The summed E-state index contributed by atoms with van der Waals surface area (Å²) >= 11 is 26.5. The van der Waals surface area contributed by atoms with E-state index in [0.29, 0.717) is 60.9 Å². The van der Waals surface area contributed by atoms with Crippen LogP contribution in [0.1, 0.15) is 5.56 Å². The van der Waals surface area contributed by atoms with Crippen molar-refractivity contribution in [1.82, 2.24) is 0 Å². The second-order valence-electron chi connectivity index (χ2n) is 9.85. The molecule has 0 aromatic heterocycles. The maximum Gasteiger partial charge on any atom is 1.00 e. The number of hydrogen-bond acceptors (Lipinski definition) is 10. The third kappa shape index (κ3) is 6.53. The number of ether oxygens (including phenoxy) is 2. The first kappa shape index (κ1) is 33.2. The van der Waals surface area contributed by atoms with Crippen molar-refractivity contribution >= 4 is 92.6 Å². The summed E-state index contributed by atoms with van der Waals surface area (Å²) in [5.74, 6) is 1.31. The number of anilines is 4. The Kier molecular flexibility index (Phi) is 9.96. The number of nitrogens with zero attached hydrogens (tertiary/aromatic N) is 2. The molecule has 15 heteroatoms. The van der Waals surface area contributed by atoms with Crippen molar-refractivity contribution in [3.63, 3.8) is 0 Å². The third-order valence-electron chi connectivity index (χ3n) is 6.90. The van der Waals surface area contributed by atoms with Crippen molar-refractivity contribution < 1.29 is 53.7 Å².